The molecule has 2 N–H and O–H groups in total. The topological polar surface area (TPSA) is 32.3 Å². The molecule has 1 aliphatic rings. The van der Waals surface area contributed by atoms with Crippen LogP contribution in [0.4, 0.5) is 0 Å². The van der Waals surface area contributed by atoms with E-state index in [2.05, 4.69) is 18.3 Å². The van der Waals surface area contributed by atoms with Crippen molar-refractivity contribution in [1.29, 1.82) is 0 Å². The summed E-state index contributed by atoms with van der Waals surface area (Å²) in [4.78, 5) is 0. The Labute approximate surface area is 84.3 Å². The first-order valence-electron chi connectivity index (χ1n) is 4.94. The van der Waals surface area contributed by atoms with Crippen molar-refractivity contribution in [2.24, 2.45) is 0 Å². The van der Waals surface area contributed by atoms with E-state index in [0.29, 0.717) is 5.75 Å². The number of nitrogens with one attached hydrogen (secondary N) is 1. The summed E-state index contributed by atoms with van der Waals surface area (Å²) < 4.78 is 0. The van der Waals surface area contributed by atoms with Crippen molar-refractivity contribution in [3.05, 3.63) is 41.5 Å². The molecule has 14 heavy (non-hydrogen) atoms. The molecule has 1 atom stereocenters. The zero-order valence-electron chi connectivity index (χ0n) is 8.33. The van der Waals surface area contributed by atoms with Gasteiger partial charge in [0.05, 0.1) is 0 Å². The Bertz CT molecular complexity index is 357. The molecular weight excluding hydrogens is 174 g/mol. The van der Waals surface area contributed by atoms with Gasteiger partial charge in [-0.05, 0) is 19.4 Å². The van der Waals surface area contributed by atoms with Crippen molar-refractivity contribution in [3.8, 4) is 5.75 Å². The molecular formula is C12H15NO. The third kappa shape index (κ3) is 1.80. The molecule has 1 heterocycles. The van der Waals surface area contributed by atoms with Gasteiger partial charge in [-0.3, -0.25) is 0 Å². The Balaban J connectivity index is 2.24. The molecule has 0 bridgehead atoms. The third-order valence-electron chi connectivity index (χ3n) is 2.65. The number of hydrogen-bond donors (Lipinski definition) is 2. The van der Waals surface area contributed by atoms with Gasteiger partial charge in [0.15, 0.2) is 0 Å². The molecule has 1 aromatic rings. The molecule has 0 radical (unpaired) electrons. The summed E-state index contributed by atoms with van der Waals surface area (Å²) in [5.74, 6) is 0.389. The van der Waals surface area contributed by atoms with Gasteiger partial charge in [0.2, 0.25) is 0 Å². The van der Waals surface area contributed by atoms with E-state index in [0.717, 1.165) is 18.5 Å². The van der Waals surface area contributed by atoms with Crippen molar-refractivity contribution in [2.75, 3.05) is 6.54 Å². The van der Waals surface area contributed by atoms with E-state index in [1.54, 1.807) is 6.07 Å². The predicted octanol–water partition coefficient (Wildman–Crippen LogP) is 2.37. The maximum atomic E-state index is 9.69. The van der Waals surface area contributed by atoms with Crippen LogP contribution < -0.4 is 5.32 Å². The smallest absolute Gasteiger partial charge is 0.120 e. The van der Waals surface area contributed by atoms with Gasteiger partial charge in [-0.2, -0.15) is 0 Å². The fourth-order valence-electron chi connectivity index (χ4n) is 1.86. The van der Waals surface area contributed by atoms with Gasteiger partial charge in [0.25, 0.3) is 0 Å². The lowest BCUT2D eigenvalue weighted by Gasteiger charge is -2.23. The molecule has 2 nitrogen and oxygen atoms in total. The molecule has 74 valence electrons. The molecule has 0 aliphatic carbocycles. The predicted molar refractivity (Wildman–Crippen MR) is 57.2 cm³/mol. The van der Waals surface area contributed by atoms with Gasteiger partial charge >= 0.3 is 0 Å². The zero-order chi connectivity index (χ0) is 9.97. The Morgan fingerprint density at radius 2 is 2.14 bits per heavy atom. The number of phenols is 1. The summed E-state index contributed by atoms with van der Waals surface area (Å²) in [6.45, 7) is 3.03. The normalized spacial score (nSPS) is 21.8. The molecule has 1 aliphatic heterocycles. The molecule has 2 heteroatoms. The van der Waals surface area contributed by atoms with E-state index in [-0.39, 0.29) is 6.04 Å². The van der Waals surface area contributed by atoms with Crippen LogP contribution in [0.2, 0.25) is 0 Å². The largest absolute Gasteiger partial charge is 0.508 e. The van der Waals surface area contributed by atoms with Crippen molar-refractivity contribution < 1.29 is 5.11 Å². The average molecular weight is 189 g/mol. The highest BCUT2D eigenvalue weighted by Crippen LogP contribution is 2.29. The monoisotopic (exact) mass is 189 g/mol. The van der Waals surface area contributed by atoms with Crippen molar-refractivity contribution in [3.63, 3.8) is 0 Å². The minimum absolute atomic E-state index is 0.265. The third-order valence-corrected chi connectivity index (χ3v) is 2.65. The Hall–Kier alpha value is -1.28. The van der Waals surface area contributed by atoms with Gasteiger partial charge in [-0.25, -0.2) is 0 Å². The molecule has 1 aromatic carbocycles. The Morgan fingerprint density at radius 1 is 1.36 bits per heavy atom. The second kappa shape index (κ2) is 3.84. The zero-order valence-corrected chi connectivity index (χ0v) is 8.33. The highest BCUT2D eigenvalue weighted by atomic mass is 16.3. The summed E-state index contributed by atoms with van der Waals surface area (Å²) in [6, 6.07) is 7.80. The first kappa shape index (κ1) is 9.28. The van der Waals surface area contributed by atoms with Crippen LogP contribution in [0.1, 0.15) is 24.9 Å². The fraction of sp³-hybridized carbons (Fsp3) is 0.333. The van der Waals surface area contributed by atoms with E-state index >= 15 is 0 Å². The second-order valence-corrected chi connectivity index (χ2v) is 3.77. The van der Waals surface area contributed by atoms with Crippen LogP contribution in [-0.2, 0) is 0 Å². The van der Waals surface area contributed by atoms with Crippen LogP contribution in [0.5, 0.6) is 5.75 Å². The number of benzene rings is 1. The quantitative estimate of drug-likeness (QED) is 0.665. The van der Waals surface area contributed by atoms with E-state index < -0.39 is 0 Å². The lowest BCUT2D eigenvalue weighted by molar-refractivity contribution is 0.445. The molecule has 0 saturated carbocycles. The van der Waals surface area contributed by atoms with E-state index in [1.807, 2.05) is 18.2 Å². The number of rotatable bonds is 1. The molecule has 0 aromatic heterocycles. The molecule has 1 unspecified atom stereocenters. The number of hydrogen-bond acceptors (Lipinski definition) is 2. The molecule has 0 spiro atoms. The van der Waals surface area contributed by atoms with E-state index in [1.165, 1.54) is 5.57 Å². The Kier molecular flexibility index (Phi) is 2.55. The summed E-state index contributed by atoms with van der Waals surface area (Å²) in [5, 5.41) is 13.1. The van der Waals surface area contributed by atoms with Crippen molar-refractivity contribution in [1.82, 2.24) is 5.32 Å². The molecule has 0 fully saturated rings. The van der Waals surface area contributed by atoms with Crippen molar-refractivity contribution in [2.45, 2.75) is 19.4 Å². The first-order chi connectivity index (χ1) is 6.77. The molecule has 0 amide bonds. The van der Waals surface area contributed by atoms with Crippen LogP contribution in [0.25, 0.3) is 0 Å². The summed E-state index contributed by atoms with van der Waals surface area (Å²) in [7, 11) is 0. The minimum atomic E-state index is 0.265. The maximum absolute atomic E-state index is 9.69. The lowest BCUT2D eigenvalue weighted by Crippen LogP contribution is -2.25. The van der Waals surface area contributed by atoms with Crippen molar-refractivity contribution >= 4 is 0 Å². The SMILES string of the molecule is CC1=CCNC(c2ccccc2O)C1. The van der Waals surface area contributed by atoms with Crippen LogP contribution >= 0.6 is 0 Å². The lowest BCUT2D eigenvalue weighted by atomic mass is 9.96. The number of phenolic OH excluding ortho intramolecular Hbond substituents is 1. The fourth-order valence-corrected chi connectivity index (χ4v) is 1.86. The minimum Gasteiger partial charge on any atom is -0.508 e. The van der Waals surface area contributed by atoms with Gasteiger partial charge in [0, 0.05) is 18.2 Å². The summed E-state index contributed by atoms with van der Waals surface area (Å²) >= 11 is 0. The average Bonchev–Trinajstić information content (AvgIpc) is 2.18. The number of para-hydroxylation sites is 1. The van der Waals surface area contributed by atoms with Crippen LogP contribution in [0.15, 0.2) is 35.9 Å². The first-order valence-corrected chi connectivity index (χ1v) is 4.94. The van der Waals surface area contributed by atoms with Crippen LogP contribution in [0.3, 0.4) is 0 Å². The second-order valence-electron chi connectivity index (χ2n) is 3.77. The highest BCUT2D eigenvalue weighted by molar-refractivity contribution is 5.36. The standard InChI is InChI=1S/C12H15NO/c1-9-6-7-13-11(8-9)10-4-2-3-5-12(10)14/h2-6,11,13-14H,7-8H2,1H3. The molecule has 0 saturated heterocycles. The Morgan fingerprint density at radius 3 is 2.86 bits per heavy atom. The van der Waals surface area contributed by atoms with Gasteiger partial charge in [-0.1, -0.05) is 29.8 Å². The van der Waals surface area contributed by atoms with E-state index in [4.69, 9.17) is 0 Å². The van der Waals surface area contributed by atoms with Crippen LogP contribution in [0, 0.1) is 0 Å². The van der Waals surface area contributed by atoms with Crippen LogP contribution in [-0.4, -0.2) is 11.7 Å². The van der Waals surface area contributed by atoms with E-state index in [9.17, 15) is 5.11 Å². The maximum Gasteiger partial charge on any atom is 0.120 e. The van der Waals surface area contributed by atoms with Gasteiger partial charge in [-0.15, -0.1) is 0 Å². The summed E-state index contributed by atoms with van der Waals surface area (Å²) in [6.07, 6.45) is 3.17. The number of aromatic hydroxyl groups is 1. The summed E-state index contributed by atoms with van der Waals surface area (Å²) in [5.41, 5.74) is 2.39. The molecule has 2 rings (SSSR count). The van der Waals surface area contributed by atoms with Gasteiger partial charge < -0.3 is 10.4 Å². The van der Waals surface area contributed by atoms with Gasteiger partial charge in [0.1, 0.15) is 5.75 Å². The highest BCUT2D eigenvalue weighted by Gasteiger charge is 2.16.